The number of hydrogen-bond acceptors (Lipinski definition) is 5. The lowest BCUT2D eigenvalue weighted by molar-refractivity contribution is 1.07. The van der Waals surface area contributed by atoms with Crippen molar-refractivity contribution in [3.8, 4) is 67.7 Å². The first kappa shape index (κ1) is 33.0. The van der Waals surface area contributed by atoms with E-state index in [2.05, 4.69) is 158 Å². The summed E-state index contributed by atoms with van der Waals surface area (Å²) in [4.78, 5) is 20.3. The summed E-state index contributed by atoms with van der Waals surface area (Å²) < 4.78 is 2.49. The van der Waals surface area contributed by atoms with Crippen LogP contribution in [0.25, 0.3) is 110 Å². The zero-order valence-electron chi connectivity index (χ0n) is 30.7. The van der Waals surface area contributed by atoms with E-state index in [0.717, 1.165) is 55.7 Å². The van der Waals surface area contributed by atoms with Crippen molar-refractivity contribution in [2.24, 2.45) is 0 Å². The van der Waals surface area contributed by atoms with E-state index in [-0.39, 0.29) is 0 Å². The molecule has 11 aromatic rings. The monoisotopic (exact) mass is 744 g/mol. The quantitative estimate of drug-likeness (QED) is 0.159. The molecule has 0 spiro atoms. The van der Waals surface area contributed by atoms with Gasteiger partial charge in [0.15, 0.2) is 17.5 Å². The van der Waals surface area contributed by atoms with Gasteiger partial charge in [0.05, 0.1) is 15.9 Å². The molecule has 11 rings (SSSR count). The van der Waals surface area contributed by atoms with Crippen LogP contribution in [0.4, 0.5) is 0 Å². The number of nitrogens with zero attached hydrogens (tertiary/aromatic N) is 4. The molecule has 3 aromatic heterocycles. The minimum absolute atomic E-state index is 0.633. The lowest BCUT2D eigenvalue weighted by Crippen LogP contribution is -2.00. The summed E-state index contributed by atoms with van der Waals surface area (Å²) in [6.45, 7) is 0. The second-order valence-electron chi connectivity index (χ2n) is 14.3. The third-order valence-corrected chi connectivity index (χ3v) is 11.9. The zero-order chi connectivity index (χ0) is 37.7. The Morgan fingerprint density at radius 3 is 1.51 bits per heavy atom. The summed E-state index contributed by atoms with van der Waals surface area (Å²) in [6.07, 6.45) is 0. The largest absolute Gasteiger partial charge is 0.246 e. The molecule has 0 fully saturated rings. The molecule has 0 bridgehead atoms. The van der Waals surface area contributed by atoms with E-state index in [1.165, 1.54) is 36.3 Å². The first-order valence-corrected chi connectivity index (χ1v) is 19.9. The predicted molar refractivity (Wildman–Crippen MR) is 238 cm³/mol. The fourth-order valence-corrected chi connectivity index (χ4v) is 9.05. The van der Waals surface area contributed by atoms with E-state index < -0.39 is 0 Å². The molecule has 0 aliphatic carbocycles. The molecule has 0 radical (unpaired) electrons. The molecule has 266 valence electrons. The van der Waals surface area contributed by atoms with Crippen LogP contribution in [0.5, 0.6) is 0 Å². The lowest BCUT2D eigenvalue weighted by Gasteiger charge is -2.11. The lowest BCUT2D eigenvalue weighted by atomic mass is 9.98. The van der Waals surface area contributed by atoms with Gasteiger partial charge in [-0.2, -0.15) is 0 Å². The van der Waals surface area contributed by atoms with Crippen molar-refractivity contribution in [2.45, 2.75) is 0 Å². The van der Waals surface area contributed by atoms with Crippen molar-refractivity contribution in [1.29, 1.82) is 0 Å². The van der Waals surface area contributed by atoms with Crippen molar-refractivity contribution in [1.82, 2.24) is 19.9 Å². The highest BCUT2D eigenvalue weighted by Gasteiger charge is 2.18. The number of thiophene rings is 1. The van der Waals surface area contributed by atoms with E-state index in [9.17, 15) is 0 Å². The number of rotatable bonds is 6. The average Bonchev–Trinajstić information content (AvgIpc) is 3.69. The smallest absolute Gasteiger partial charge is 0.164 e. The highest BCUT2D eigenvalue weighted by Crippen LogP contribution is 2.44. The van der Waals surface area contributed by atoms with Gasteiger partial charge in [0.2, 0.25) is 0 Å². The standard InChI is InChI=1S/C52H32N4S/c1-3-12-33(13-4-1)39-18-11-19-42(30-39)52-55-50(37-14-5-2-6-15-37)54-51(56-52)38-28-24-35(25-29-38)34-22-26-36(27-23-34)48-49-47(43-20-9-10-21-46(43)57-49)44-31-40-16-7-8-17-41(40)32-45(44)53-48/h1-32H. The summed E-state index contributed by atoms with van der Waals surface area (Å²) >= 11 is 1.82. The number of aromatic nitrogens is 4. The Morgan fingerprint density at radius 2 is 0.807 bits per heavy atom. The normalized spacial score (nSPS) is 11.5. The van der Waals surface area contributed by atoms with Crippen LogP contribution in [-0.4, -0.2) is 19.9 Å². The van der Waals surface area contributed by atoms with Crippen LogP contribution in [0, 0.1) is 0 Å². The van der Waals surface area contributed by atoms with Crippen molar-refractivity contribution in [2.75, 3.05) is 0 Å². The Kier molecular flexibility index (Phi) is 7.97. The van der Waals surface area contributed by atoms with E-state index in [1.54, 1.807) is 0 Å². The Labute approximate surface area is 333 Å². The van der Waals surface area contributed by atoms with Gasteiger partial charge in [-0.05, 0) is 57.3 Å². The SMILES string of the molecule is c1ccc(-c2cccc(-c3nc(-c4ccccc4)nc(-c4ccc(-c5ccc(-c6nc7cc8ccccc8cc7c7c6sc6ccccc67)cc5)cc4)n3)c2)cc1. The third-order valence-electron chi connectivity index (χ3n) is 10.7. The van der Waals surface area contributed by atoms with Crippen LogP contribution in [-0.2, 0) is 0 Å². The van der Waals surface area contributed by atoms with Gasteiger partial charge in [0.1, 0.15) is 0 Å². The van der Waals surface area contributed by atoms with E-state index in [0.29, 0.717) is 17.5 Å². The molecule has 3 heterocycles. The molecule has 0 amide bonds. The summed E-state index contributed by atoms with van der Waals surface area (Å²) in [7, 11) is 0. The van der Waals surface area contributed by atoms with Gasteiger partial charge in [-0.15, -0.1) is 11.3 Å². The fourth-order valence-electron chi connectivity index (χ4n) is 7.82. The minimum Gasteiger partial charge on any atom is -0.246 e. The van der Waals surface area contributed by atoms with Gasteiger partial charge in [0, 0.05) is 43.1 Å². The maximum Gasteiger partial charge on any atom is 0.164 e. The predicted octanol–water partition coefficient (Wildman–Crippen LogP) is 13.9. The molecule has 5 heteroatoms. The Morgan fingerprint density at radius 1 is 0.316 bits per heavy atom. The van der Waals surface area contributed by atoms with Crippen LogP contribution < -0.4 is 0 Å². The van der Waals surface area contributed by atoms with Crippen LogP contribution in [0.1, 0.15) is 0 Å². The van der Waals surface area contributed by atoms with Crippen molar-refractivity contribution in [3.63, 3.8) is 0 Å². The number of fused-ring (bicyclic) bond motifs is 6. The molecule has 0 aliphatic heterocycles. The topological polar surface area (TPSA) is 51.6 Å². The van der Waals surface area contributed by atoms with Crippen LogP contribution in [0.3, 0.4) is 0 Å². The molecule has 0 N–H and O–H groups in total. The van der Waals surface area contributed by atoms with E-state index >= 15 is 0 Å². The van der Waals surface area contributed by atoms with Crippen molar-refractivity contribution < 1.29 is 0 Å². The maximum atomic E-state index is 5.34. The maximum absolute atomic E-state index is 5.34. The Bertz CT molecular complexity index is 3270. The molecular weight excluding hydrogens is 713 g/mol. The summed E-state index contributed by atoms with van der Waals surface area (Å²) in [5, 5.41) is 6.18. The minimum atomic E-state index is 0.633. The molecule has 0 atom stereocenters. The Hall–Kier alpha value is -7.34. The zero-order valence-corrected chi connectivity index (χ0v) is 31.5. The summed E-state index contributed by atoms with van der Waals surface area (Å²) in [5.41, 5.74) is 10.5. The highest BCUT2D eigenvalue weighted by molar-refractivity contribution is 7.26. The first-order valence-electron chi connectivity index (χ1n) is 19.0. The second-order valence-corrected chi connectivity index (χ2v) is 15.3. The van der Waals surface area contributed by atoms with Crippen LogP contribution in [0.15, 0.2) is 194 Å². The molecular formula is C52H32N4S. The van der Waals surface area contributed by atoms with Crippen LogP contribution >= 0.6 is 11.3 Å². The molecule has 57 heavy (non-hydrogen) atoms. The highest BCUT2D eigenvalue weighted by atomic mass is 32.1. The number of pyridine rings is 1. The van der Waals surface area contributed by atoms with Crippen LogP contribution in [0.2, 0.25) is 0 Å². The summed E-state index contributed by atoms with van der Waals surface area (Å²) in [6, 6.07) is 68.0. The van der Waals surface area contributed by atoms with Crippen molar-refractivity contribution in [3.05, 3.63) is 194 Å². The molecule has 0 aliphatic rings. The van der Waals surface area contributed by atoms with Gasteiger partial charge in [-0.1, -0.05) is 170 Å². The Balaban J connectivity index is 0.958. The molecule has 4 nitrogen and oxygen atoms in total. The molecule has 0 saturated carbocycles. The number of benzene rings is 8. The van der Waals surface area contributed by atoms with Gasteiger partial charge in [-0.25, -0.2) is 19.9 Å². The van der Waals surface area contributed by atoms with Gasteiger partial charge in [0.25, 0.3) is 0 Å². The third kappa shape index (κ3) is 6.02. The molecule has 8 aromatic carbocycles. The summed E-state index contributed by atoms with van der Waals surface area (Å²) in [5.74, 6) is 1.91. The molecule has 0 unspecified atom stereocenters. The van der Waals surface area contributed by atoms with Gasteiger partial charge in [-0.3, -0.25) is 0 Å². The average molecular weight is 745 g/mol. The second kappa shape index (κ2) is 13.7. The number of hydrogen-bond donors (Lipinski definition) is 0. The fraction of sp³-hybridized carbons (Fsp3) is 0. The van der Waals surface area contributed by atoms with Gasteiger partial charge < -0.3 is 0 Å². The first-order chi connectivity index (χ1) is 28.2. The van der Waals surface area contributed by atoms with E-state index in [1.807, 2.05) is 47.7 Å². The van der Waals surface area contributed by atoms with Crippen molar-refractivity contribution >= 4 is 53.2 Å². The van der Waals surface area contributed by atoms with Gasteiger partial charge >= 0.3 is 0 Å². The van der Waals surface area contributed by atoms with E-state index in [4.69, 9.17) is 19.9 Å². The molecule has 0 saturated heterocycles.